The van der Waals surface area contributed by atoms with Crippen molar-refractivity contribution in [3.05, 3.63) is 83.5 Å². The number of halogens is 1. The Hall–Kier alpha value is -3.71. The van der Waals surface area contributed by atoms with Crippen molar-refractivity contribution >= 4 is 39.0 Å². The molecule has 1 heterocycles. The molecule has 0 saturated carbocycles. The maximum Gasteiger partial charge on any atom is 0.341 e. The maximum atomic E-state index is 13.3. The predicted molar refractivity (Wildman–Crippen MR) is 124 cm³/mol. The fourth-order valence-corrected chi connectivity index (χ4v) is 4.24. The van der Waals surface area contributed by atoms with E-state index in [0.29, 0.717) is 21.9 Å². The minimum Gasteiger partial charge on any atom is -0.484 e. The topological polar surface area (TPSA) is 64.6 Å². The van der Waals surface area contributed by atoms with E-state index in [2.05, 4.69) is 5.32 Å². The molecule has 4 aromatic rings. The summed E-state index contributed by atoms with van der Waals surface area (Å²) in [5.41, 5.74) is 1.46. The summed E-state index contributed by atoms with van der Waals surface area (Å²) in [5, 5.41) is 6.92. The molecular weight excluding hydrogens is 429 g/mol. The van der Waals surface area contributed by atoms with Gasteiger partial charge in [0.25, 0.3) is 5.91 Å². The first-order chi connectivity index (χ1) is 15.5. The zero-order chi connectivity index (χ0) is 22.5. The van der Waals surface area contributed by atoms with Gasteiger partial charge in [-0.25, -0.2) is 9.18 Å². The van der Waals surface area contributed by atoms with E-state index in [1.165, 1.54) is 23.5 Å². The lowest BCUT2D eigenvalue weighted by atomic mass is 10.0. The predicted octanol–water partition coefficient (Wildman–Crippen LogP) is 5.90. The van der Waals surface area contributed by atoms with E-state index in [1.54, 1.807) is 30.5 Å². The number of carbonyl (C=O) groups excluding carboxylic acids is 2. The van der Waals surface area contributed by atoms with Crippen molar-refractivity contribution in [2.45, 2.75) is 6.92 Å². The Bertz CT molecular complexity index is 1270. The van der Waals surface area contributed by atoms with Gasteiger partial charge < -0.3 is 14.8 Å². The highest BCUT2D eigenvalue weighted by atomic mass is 32.1. The third kappa shape index (κ3) is 4.78. The van der Waals surface area contributed by atoms with Crippen LogP contribution in [0.15, 0.2) is 72.1 Å². The number of ether oxygens (including phenoxy) is 2. The van der Waals surface area contributed by atoms with Gasteiger partial charge in [-0.05, 0) is 47.5 Å². The largest absolute Gasteiger partial charge is 0.484 e. The molecule has 0 spiro atoms. The van der Waals surface area contributed by atoms with Crippen molar-refractivity contribution in [2.24, 2.45) is 0 Å². The van der Waals surface area contributed by atoms with Crippen LogP contribution in [0.1, 0.15) is 17.3 Å². The molecule has 0 fully saturated rings. The Morgan fingerprint density at radius 1 is 1.00 bits per heavy atom. The maximum absolute atomic E-state index is 13.3. The average molecular weight is 450 g/mol. The van der Waals surface area contributed by atoms with E-state index in [-0.39, 0.29) is 24.6 Å². The molecular formula is C25H20FNO4S. The van der Waals surface area contributed by atoms with E-state index in [0.717, 1.165) is 10.8 Å². The average Bonchev–Trinajstić information content (AvgIpc) is 3.21. The van der Waals surface area contributed by atoms with Gasteiger partial charge in [0, 0.05) is 10.9 Å². The summed E-state index contributed by atoms with van der Waals surface area (Å²) in [4.78, 5) is 25.1. The first kappa shape index (κ1) is 21.5. The first-order valence-corrected chi connectivity index (χ1v) is 10.9. The smallest absolute Gasteiger partial charge is 0.341 e. The second-order valence-electron chi connectivity index (χ2n) is 6.93. The molecule has 0 aliphatic heterocycles. The lowest BCUT2D eigenvalue weighted by Crippen LogP contribution is -2.21. The number of benzene rings is 3. The van der Waals surface area contributed by atoms with Gasteiger partial charge in [-0.15, -0.1) is 11.3 Å². The Kier molecular flexibility index (Phi) is 6.47. The van der Waals surface area contributed by atoms with Crippen molar-refractivity contribution in [1.29, 1.82) is 0 Å². The number of nitrogens with one attached hydrogen (secondary N) is 1. The molecule has 3 aromatic carbocycles. The van der Waals surface area contributed by atoms with Crippen molar-refractivity contribution < 1.29 is 23.5 Å². The van der Waals surface area contributed by atoms with E-state index < -0.39 is 11.9 Å². The van der Waals surface area contributed by atoms with Crippen molar-refractivity contribution in [1.82, 2.24) is 0 Å². The number of hydrogen-bond acceptors (Lipinski definition) is 5. The van der Waals surface area contributed by atoms with Gasteiger partial charge in [0.2, 0.25) is 0 Å². The fraction of sp³-hybridized carbons (Fsp3) is 0.120. The highest BCUT2D eigenvalue weighted by molar-refractivity contribution is 7.15. The summed E-state index contributed by atoms with van der Waals surface area (Å²) >= 11 is 1.20. The lowest BCUT2D eigenvalue weighted by Gasteiger charge is -2.10. The molecule has 0 bridgehead atoms. The molecule has 7 heteroatoms. The van der Waals surface area contributed by atoms with Gasteiger partial charge in [0.15, 0.2) is 6.61 Å². The van der Waals surface area contributed by atoms with Gasteiger partial charge in [-0.3, -0.25) is 4.79 Å². The van der Waals surface area contributed by atoms with Crippen molar-refractivity contribution in [3.63, 3.8) is 0 Å². The number of hydrogen-bond donors (Lipinski definition) is 1. The second-order valence-corrected chi connectivity index (χ2v) is 7.81. The molecule has 32 heavy (non-hydrogen) atoms. The minimum absolute atomic E-state index is 0.190. The van der Waals surface area contributed by atoms with Crippen LogP contribution in [0.2, 0.25) is 0 Å². The Morgan fingerprint density at radius 3 is 2.50 bits per heavy atom. The van der Waals surface area contributed by atoms with Crippen LogP contribution in [0.25, 0.3) is 21.9 Å². The normalized spacial score (nSPS) is 10.7. The Balaban J connectivity index is 1.51. The summed E-state index contributed by atoms with van der Waals surface area (Å²) < 4.78 is 24.1. The van der Waals surface area contributed by atoms with Crippen LogP contribution < -0.4 is 10.1 Å². The van der Waals surface area contributed by atoms with Crippen LogP contribution in [-0.2, 0) is 9.53 Å². The molecule has 0 aliphatic carbocycles. The Labute approximate surface area is 188 Å². The minimum atomic E-state index is -0.557. The molecule has 5 nitrogen and oxygen atoms in total. The van der Waals surface area contributed by atoms with E-state index in [1.807, 2.05) is 36.4 Å². The third-order valence-electron chi connectivity index (χ3n) is 4.77. The number of amides is 1. The highest BCUT2D eigenvalue weighted by Crippen LogP contribution is 2.36. The van der Waals surface area contributed by atoms with Gasteiger partial charge in [-0.2, -0.15) is 0 Å². The number of thiophene rings is 1. The van der Waals surface area contributed by atoms with Gasteiger partial charge >= 0.3 is 5.97 Å². The SMILES string of the molecule is CCOC(=O)c1c(-c2ccc(F)cc2)csc1NC(=O)COc1ccc2ccccc2c1. The van der Waals surface area contributed by atoms with Gasteiger partial charge in [-0.1, -0.05) is 42.5 Å². The van der Waals surface area contributed by atoms with Gasteiger partial charge in [0.05, 0.1) is 6.61 Å². The molecule has 0 unspecified atom stereocenters. The molecule has 1 amide bonds. The van der Waals surface area contributed by atoms with E-state index in [9.17, 15) is 14.0 Å². The molecule has 162 valence electrons. The molecule has 1 aromatic heterocycles. The number of esters is 1. The second kappa shape index (κ2) is 9.62. The first-order valence-electron chi connectivity index (χ1n) is 10.0. The molecule has 4 rings (SSSR count). The quantitative estimate of drug-likeness (QED) is 0.357. The van der Waals surface area contributed by atoms with Gasteiger partial charge in [0.1, 0.15) is 22.1 Å². The molecule has 0 saturated heterocycles. The van der Waals surface area contributed by atoms with Crippen LogP contribution in [-0.4, -0.2) is 25.1 Å². The molecule has 1 N–H and O–H groups in total. The standard InChI is InChI=1S/C25H20FNO4S/c1-2-30-25(29)23-21(17-7-10-19(26)11-8-17)15-32-24(23)27-22(28)14-31-20-12-9-16-5-3-4-6-18(16)13-20/h3-13,15H,2,14H2,1H3,(H,27,28). The highest BCUT2D eigenvalue weighted by Gasteiger charge is 2.23. The molecule has 0 radical (unpaired) electrons. The van der Waals surface area contributed by atoms with E-state index in [4.69, 9.17) is 9.47 Å². The van der Waals surface area contributed by atoms with Crippen LogP contribution in [0, 0.1) is 5.82 Å². The zero-order valence-electron chi connectivity index (χ0n) is 17.3. The summed E-state index contributed by atoms with van der Waals surface area (Å²) in [6.07, 6.45) is 0. The summed E-state index contributed by atoms with van der Waals surface area (Å²) in [7, 11) is 0. The van der Waals surface area contributed by atoms with E-state index >= 15 is 0 Å². The lowest BCUT2D eigenvalue weighted by molar-refractivity contribution is -0.118. The van der Waals surface area contributed by atoms with Crippen LogP contribution in [0.4, 0.5) is 9.39 Å². The fourth-order valence-electron chi connectivity index (χ4n) is 3.27. The number of anilines is 1. The summed E-state index contributed by atoms with van der Waals surface area (Å²) in [6, 6.07) is 19.2. The Morgan fingerprint density at radius 2 is 1.75 bits per heavy atom. The molecule has 0 atom stereocenters. The van der Waals surface area contributed by atoms with Crippen LogP contribution in [0.3, 0.4) is 0 Å². The monoisotopic (exact) mass is 449 g/mol. The van der Waals surface area contributed by atoms with Crippen LogP contribution >= 0.6 is 11.3 Å². The number of carbonyl (C=O) groups is 2. The molecule has 0 aliphatic rings. The van der Waals surface area contributed by atoms with Crippen molar-refractivity contribution in [2.75, 3.05) is 18.5 Å². The van der Waals surface area contributed by atoms with Crippen molar-refractivity contribution in [3.8, 4) is 16.9 Å². The third-order valence-corrected chi connectivity index (χ3v) is 5.67. The number of rotatable bonds is 7. The van der Waals surface area contributed by atoms with Crippen LogP contribution in [0.5, 0.6) is 5.75 Å². The summed E-state index contributed by atoms with van der Waals surface area (Å²) in [6.45, 7) is 1.68. The summed E-state index contributed by atoms with van der Waals surface area (Å²) in [5.74, 6) is -0.765. The number of fused-ring (bicyclic) bond motifs is 1. The zero-order valence-corrected chi connectivity index (χ0v) is 18.1.